The maximum atomic E-state index is 11.9. The minimum atomic E-state index is -1.24. The number of benzene rings is 1. The number of phenolic OH excluding ortho intramolecular Hbond substituents is 1. The predicted octanol–water partition coefficient (Wildman–Crippen LogP) is -2.01. The Morgan fingerprint density at radius 2 is 1.63 bits per heavy atom. The molecule has 3 amide bonds. The molecule has 0 spiro atoms. The van der Waals surface area contributed by atoms with Crippen LogP contribution in [0.2, 0.25) is 0 Å². The highest BCUT2D eigenvalue weighted by Gasteiger charge is 2.22. The fourth-order valence-electron chi connectivity index (χ4n) is 2.05. The highest BCUT2D eigenvalue weighted by molar-refractivity contribution is 7.80. The molecule has 27 heavy (non-hydrogen) atoms. The van der Waals surface area contributed by atoms with Gasteiger partial charge in [-0.2, -0.15) is 12.6 Å². The summed E-state index contributed by atoms with van der Waals surface area (Å²) >= 11 is 3.95. The third-order valence-electron chi connectivity index (χ3n) is 3.45. The first-order valence-corrected chi connectivity index (χ1v) is 8.58. The second-order valence-corrected chi connectivity index (χ2v) is 5.92. The van der Waals surface area contributed by atoms with Crippen molar-refractivity contribution in [3.63, 3.8) is 0 Å². The van der Waals surface area contributed by atoms with E-state index in [0.717, 1.165) is 0 Å². The summed E-state index contributed by atoms with van der Waals surface area (Å²) in [6.45, 7) is -0.767. The Labute approximate surface area is 160 Å². The number of nitrogens with two attached hydrogens (primary N) is 1. The smallest absolute Gasteiger partial charge is 0.326 e. The van der Waals surface area contributed by atoms with Crippen molar-refractivity contribution in [1.82, 2.24) is 16.0 Å². The Kier molecular flexibility index (Phi) is 9.09. The molecule has 0 aliphatic rings. The molecule has 11 heteroatoms. The average molecular weight is 398 g/mol. The van der Waals surface area contributed by atoms with Crippen molar-refractivity contribution in [2.45, 2.75) is 18.5 Å². The number of aliphatic carboxylic acids is 1. The number of rotatable bonds is 10. The van der Waals surface area contributed by atoms with Gasteiger partial charge in [0, 0.05) is 12.2 Å². The zero-order chi connectivity index (χ0) is 20.4. The first-order chi connectivity index (χ1) is 12.8. The summed E-state index contributed by atoms with van der Waals surface area (Å²) in [6.07, 6.45) is 0.00111. The Morgan fingerprint density at radius 1 is 1.04 bits per heavy atom. The molecule has 1 rings (SSSR count). The summed E-state index contributed by atoms with van der Waals surface area (Å²) < 4.78 is 0. The largest absolute Gasteiger partial charge is 0.508 e. The van der Waals surface area contributed by atoms with Crippen LogP contribution in [0.5, 0.6) is 5.75 Å². The molecule has 0 fully saturated rings. The van der Waals surface area contributed by atoms with E-state index in [-0.39, 0.29) is 24.5 Å². The van der Waals surface area contributed by atoms with Gasteiger partial charge in [0.1, 0.15) is 17.8 Å². The van der Waals surface area contributed by atoms with Crippen molar-refractivity contribution in [2.75, 3.05) is 18.8 Å². The lowest BCUT2D eigenvalue weighted by Gasteiger charge is -2.17. The van der Waals surface area contributed by atoms with Crippen molar-refractivity contribution in [1.29, 1.82) is 0 Å². The number of amides is 3. The van der Waals surface area contributed by atoms with E-state index in [0.29, 0.717) is 5.56 Å². The number of carboxylic acids is 1. The number of phenols is 1. The van der Waals surface area contributed by atoms with Crippen LogP contribution in [0.1, 0.15) is 5.56 Å². The van der Waals surface area contributed by atoms with E-state index >= 15 is 0 Å². The van der Waals surface area contributed by atoms with Crippen molar-refractivity contribution >= 4 is 36.3 Å². The molecule has 1 aromatic carbocycles. The first kappa shape index (κ1) is 22.3. The Morgan fingerprint density at radius 3 is 2.15 bits per heavy atom. The van der Waals surface area contributed by atoms with E-state index in [1.54, 1.807) is 0 Å². The molecular weight excluding hydrogens is 376 g/mol. The van der Waals surface area contributed by atoms with Gasteiger partial charge in [0.05, 0.1) is 13.1 Å². The highest BCUT2D eigenvalue weighted by atomic mass is 32.1. The molecule has 0 bridgehead atoms. The van der Waals surface area contributed by atoms with Gasteiger partial charge in [0.15, 0.2) is 0 Å². The van der Waals surface area contributed by atoms with Crippen LogP contribution in [0.15, 0.2) is 24.3 Å². The molecule has 0 aromatic heterocycles. The Hall–Kier alpha value is -2.79. The van der Waals surface area contributed by atoms with Crippen molar-refractivity contribution in [3.8, 4) is 5.75 Å². The monoisotopic (exact) mass is 398 g/mol. The molecule has 0 saturated heterocycles. The quantitative estimate of drug-likeness (QED) is 0.223. The van der Waals surface area contributed by atoms with Crippen LogP contribution in [-0.4, -0.2) is 64.8 Å². The standard InChI is InChI=1S/C16H22N4O6S/c17-6-13(22)20-12(8-27)15(24)18-7-14(23)19-11(16(25)26)5-9-1-3-10(21)4-2-9/h1-4,11-12,21,27H,5-8,17H2,(H,18,24)(H,19,23)(H,20,22)(H,25,26). The van der Waals surface area contributed by atoms with E-state index in [4.69, 9.17) is 5.73 Å². The van der Waals surface area contributed by atoms with Crippen LogP contribution in [0.25, 0.3) is 0 Å². The maximum absolute atomic E-state index is 11.9. The number of carboxylic acid groups (broad SMARTS) is 1. The van der Waals surface area contributed by atoms with Gasteiger partial charge in [-0.25, -0.2) is 4.79 Å². The third kappa shape index (κ3) is 7.96. The number of carbonyl (C=O) groups is 4. The van der Waals surface area contributed by atoms with Crippen LogP contribution < -0.4 is 21.7 Å². The zero-order valence-corrected chi connectivity index (χ0v) is 15.2. The van der Waals surface area contributed by atoms with Gasteiger partial charge in [0.25, 0.3) is 0 Å². The summed E-state index contributed by atoms with van der Waals surface area (Å²) in [5.74, 6) is -3.11. The lowest BCUT2D eigenvalue weighted by Crippen LogP contribution is -2.52. The van der Waals surface area contributed by atoms with Gasteiger partial charge >= 0.3 is 5.97 Å². The summed E-state index contributed by atoms with van der Waals surface area (Å²) in [6, 6.07) is 3.71. The maximum Gasteiger partial charge on any atom is 0.326 e. The minimum absolute atomic E-state index is 0.00111. The Balaban J connectivity index is 2.56. The van der Waals surface area contributed by atoms with Crippen LogP contribution in [0.4, 0.5) is 0 Å². The summed E-state index contributed by atoms with van der Waals surface area (Å²) in [5.41, 5.74) is 5.75. The van der Waals surface area contributed by atoms with Crippen LogP contribution in [-0.2, 0) is 25.6 Å². The van der Waals surface area contributed by atoms with E-state index in [9.17, 15) is 29.4 Å². The molecule has 2 atom stereocenters. The molecular formula is C16H22N4O6S. The molecule has 0 aliphatic heterocycles. The van der Waals surface area contributed by atoms with E-state index < -0.39 is 42.3 Å². The van der Waals surface area contributed by atoms with Crippen molar-refractivity contribution in [2.24, 2.45) is 5.73 Å². The lowest BCUT2D eigenvalue weighted by molar-refractivity contribution is -0.141. The predicted molar refractivity (Wildman–Crippen MR) is 99.2 cm³/mol. The molecule has 0 saturated carbocycles. The zero-order valence-electron chi connectivity index (χ0n) is 14.3. The van der Waals surface area contributed by atoms with Gasteiger partial charge in [-0.05, 0) is 17.7 Å². The number of carbonyl (C=O) groups excluding carboxylic acids is 3. The second kappa shape index (κ2) is 11.0. The van der Waals surface area contributed by atoms with Gasteiger partial charge in [-0.3, -0.25) is 14.4 Å². The fourth-order valence-corrected chi connectivity index (χ4v) is 2.31. The second-order valence-electron chi connectivity index (χ2n) is 5.55. The highest BCUT2D eigenvalue weighted by Crippen LogP contribution is 2.11. The molecule has 148 valence electrons. The first-order valence-electron chi connectivity index (χ1n) is 7.94. The summed E-state index contributed by atoms with van der Waals surface area (Å²) in [5, 5.41) is 25.4. The van der Waals surface area contributed by atoms with Crippen molar-refractivity contribution in [3.05, 3.63) is 29.8 Å². The SMILES string of the molecule is NCC(=O)NC(CS)C(=O)NCC(=O)NC(Cc1ccc(O)cc1)C(=O)O. The molecule has 0 radical (unpaired) electrons. The fraction of sp³-hybridized carbons (Fsp3) is 0.375. The lowest BCUT2D eigenvalue weighted by atomic mass is 10.1. The minimum Gasteiger partial charge on any atom is -0.508 e. The average Bonchev–Trinajstić information content (AvgIpc) is 2.64. The van der Waals surface area contributed by atoms with Crippen LogP contribution in [0.3, 0.4) is 0 Å². The van der Waals surface area contributed by atoms with Gasteiger partial charge < -0.3 is 31.9 Å². The number of aromatic hydroxyl groups is 1. The van der Waals surface area contributed by atoms with Gasteiger partial charge in [-0.15, -0.1) is 0 Å². The summed E-state index contributed by atoms with van der Waals surface area (Å²) in [7, 11) is 0. The molecule has 7 N–H and O–H groups in total. The molecule has 0 aliphatic carbocycles. The molecule has 1 aromatic rings. The molecule has 0 heterocycles. The van der Waals surface area contributed by atoms with Gasteiger partial charge in [-0.1, -0.05) is 12.1 Å². The number of hydrogen-bond acceptors (Lipinski definition) is 7. The topological polar surface area (TPSA) is 171 Å². The molecule has 10 nitrogen and oxygen atoms in total. The third-order valence-corrected chi connectivity index (χ3v) is 3.82. The normalized spacial score (nSPS) is 12.5. The van der Waals surface area contributed by atoms with Crippen LogP contribution >= 0.6 is 12.6 Å². The Bertz CT molecular complexity index is 682. The number of thiol groups is 1. The number of nitrogens with one attached hydrogen (secondary N) is 3. The van der Waals surface area contributed by atoms with Crippen LogP contribution in [0, 0.1) is 0 Å². The number of hydrogen-bond donors (Lipinski definition) is 7. The van der Waals surface area contributed by atoms with E-state index in [1.165, 1.54) is 24.3 Å². The van der Waals surface area contributed by atoms with E-state index in [2.05, 4.69) is 28.6 Å². The molecule has 2 unspecified atom stereocenters. The van der Waals surface area contributed by atoms with Gasteiger partial charge in [0.2, 0.25) is 17.7 Å². The summed E-state index contributed by atoms with van der Waals surface area (Å²) in [4.78, 5) is 46.4. The van der Waals surface area contributed by atoms with Crippen molar-refractivity contribution < 1.29 is 29.4 Å². The van der Waals surface area contributed by atoms with E-state index in [1.807, 2.05) is 0 Å².